The smallest absolute Gasteiger partial charge is 0.339 e. The molecule has 0 atom stereocenters. The van der Waals surface area contributed by atoms with Crippen molar-refractivity contribution in [1.29, 1.82) is 0 Å². The molecule has 1 aromatic carbocycles. The molecule has 2 rings (SSSR count). The molecule has 0 unspecified atom stereocenters. The van der Waals surface area contributed by atoms with Crippen LogP contribution >= 0.6 is 0 Å². The van der Waals surface area contributed by atoms with Crippen LogP contribution in [0, 0.1) is 0 Å². The average Bonchev–Trinajstić information content (AvgIpc) is 2.67. The number of carbonyl (C=O) groups excluding carboxylic acids is 3. The van der Waals surface area contributed by atoms with E-state index in [9.17, 15) is 14.4 Å². The molecule has 136 valence electrons. The van der Waals surface area contributed by atoms with E-state index in [1.54, 1.807) is 4.57 Å². The zero-order chi connectivity index (χ0) is 19.1. The lowest BCUT2D eigenvalue weighted by molar-refractivity contribution is -0.684. The molecule has 1 N–H and O–H groups in total. The maximum Gasteiger partial charge on any atom is 0.339 e. The second-order valence-electron chi connectivity index (χ2n) is 5.52. The first-order valence-corrected chi connectivity index (χ1v) is 8.07. The number of carbonyl (C=O) groups is 3. The van der Waals surface area contributed by atoms with Crippen molar-refractivity contribution in [3.05, 3.63) is 59.4 Å². The third kappa shape index (κ3) is 4.66. The van der Waals surface area contributed by atoms with Gasteiger partial charge in [0.05, 0.1) is 31.0 Å². The summed E-state index contributed by atoms with van der Waals surface area (Å²) >= 11 is 0. The molecule has 0 aliphatic heterocycles. The number of aryl methyl sites for hydroxylation is 1. The molecule has 0 aliphatic rings. The second kappa shape index (κ2) is 8.75. The second-order valence-corrected chi connectivity index (χ2v) is 5.52. The van der Waals surface area contributed by atoms with Crippen LogP contribution in [0.3, 0.4) is 0 Å². The number of aromatic nitrogens is 1. The Bertz CT molecular complexity index is 815. The van der Waals surface area contributed by atoms with Crippen LogP contribution in [0.1, 0.15) is 33.2 Å². The van der Waals surface area contributed by atoms with Gasteiger partial charge < -0.3 is 14.8 Å². The third-order valence-electron chi connectivity index (χ3n) is 3.81. The molecule has 2 aromatic rings. The number of methoxy groups -OCH3 is 2. The molecule has 0 fully saturated rings. The number of benzene rings is 1. The molecule has 7 nitrogen and oxygen atoms in total. The molecule has 0 saturated heterocycles. The molecular weight excluding hydrogens is 336 g/mol. The van der Waals surface area contributed by atoms with Crippen LogP contribution in [0.2, 0.25) is 0 Å². The number of rotatable bonds is 6. The van der Waals surface area contributed by atoms with Gasteiger partial charge in [-0.05, 0) is 30.2 Å². The van der Waals surface area contributed by atoms with Crippen LogP contribution < -0.4 is 9.88 Å². The van der Waals surface area contributed by atoms with Crippen molar-refractivity contribution in [2.45, 2.75) is 19.9 Å². The van der Waals surface area contributed by atoms with Gasteiger partial charge in [0, 0.05) is 12.1 Å². The van der Waals surface area contributed by atoms with E-state index in [1.165, 1.54) is 38.0 Å². The third-order valence-corrected chi connectivity index (χ3v) is 3.81. The predicted octanol–water partition coefficient (Wildman–Crippen LogP) is 1.75. The topological polar surface area (TPSA) is 85.6 Å². The van der Waals surface area contributed by atoms with Crippen molar-refractivity contribution in [3.8, 4) is 0 Å². The Balaban J connectivity index is 2.22. The Hall–Kier alpha value is -3.22. The fourth-order valence-electron chi connectivity index (χ4n) is 2.37. The Morgan fingerprint density at radius 1 is 1.00 bits per heavy atom. The predicted molar refractivity (Wildman–Crippen MR) is 93.8 cm³/mol. The number of anilines is 1. The number of ether oxygens (including phenoxy) is 2. The van der Waals surface area contributed by atoms with Crippen LogP contribution in [0.15, 0.2) is 42.7 Å². The van der Waals surface area contributed by atoms with Crippen LogP contribution in [-0.2, 0) is 27.2 Å². The van der Waals surface area contributed by atoms with E-state index in [-0.39, 0.29) is 29.3 Å². The Labute approximate surface area is 151 Å². The van der Waals surface area contributed by atoms with Crippen molar-refractivity contribution >= 4 is 23.5 Å². The van der Waals surface area contributed by atoms with Gasteiger partial charge in [-0.3, -0.25) is 4.79 Å². The van der Waals surface area contributed by atoms with Crippen molar-refractivity contribution in [3.63, 3.8) is 0 Å². The molecule has 1 aromatic heterocycles. The summed E-state index contributed by atoms with van der Waals surface area (Å²) in [7, 11) is 2.50. The lowest BCUT2D eigenvalue weighted by Gasteiger charge is -2.10. The zero-order valence-corrected chi connectivity index (χ0v) is 14.9. The minimum atomic E-state index is -0.614. The Morgan fingerprint density at radius 3 is 2.23 bits per heavy atom. The van der Waals surface area contributed by atoms with Gasteiger partial charge in [-0.2, -0.15) is 4.57 Å². The van der Waals surface area contributed by atoms with E-state index >= 15 is 0 Å². The average molecular weight is 357 g/mol. The first-order valence-electron chi connectivity index (χ1n) is 8.07. The molecule has 26 heavy (non-hydrogen) atoms. The first kappa shape index (κ1) is 19.1. The number of nitrogens with one attached hydrogen (secondary N) is 1. The summed E-state index contributed by atoms with van der Waals surface area (Å²) in [6.07, 6.45) is 4.53. The summed E-state index contributed by atoms with van der Waals surface area (Å²) in [5.41, 5.74) is 1.73. The lowest BCUT2D eigenvalue weighted by Crippen LogP contribution is -2.39. The summed E-state index contributed by atoms with van der Waals surface area (Å²) in [5, 5.41) is 2.65. The van der Waals surface area contributed by atoms with E-state index in [2.05, 4.69) is 17.0 Å². The van der Waals surface area contributed by atoms with Gasteiger partial charge in [-0.1, -0.05) is 6.92 Å². The van der Waals surface area contributed by atoms with Gasteiger partial charge in [0.15, 0.2) is 12.4 Å². The highest BCUT2D eigenvalue weighted by molar-refractivity contribution is 6.03. The Kier molecular flexibility index (Phi) is 6.43. The van der Waals surface area contributed by atoms with Gasteiger partial charge >= 0.3 is 11.9 Å². The molecule has 0 spiro atoms. The maximum absolute atomic E-state index is 12.3. The van der Waals surface area contributed by atoms with E-state index in [4.69, 9.17) is 4.74 Å². The zero-order valence-electron chi connectivity index (χ0n) is 14.9. The highest BCUT2D eigenvalue weighted by Crippen LogP contribution is 2.19. The number of hydrogen-bond donors (Lipinski definition) is 1. The normalized spacial score (nSPS) is 10.1. The Morgan fingerprint density at radius 2 is 1.65 bits per heavy atom. The highest BCUT2D eigenvalue weighted by Gasteiger charge is 2.18. The largest absolute Gasteiger partial charge is 0.465 e. The molecule has 1 amide bonds. The molecule has 0 aliphatic carbocycles. The standard InChI is InChI=1S/C19H20N2O5/c1-4-13-7-9-21(10-8-13)12-17(22)20-16-11-14(18(23)25-2)5-6-15(16)19(24)26-3/h5-11H,4,12H2,1-3H3/p+1. The molecular formula is C19H21N2O5+. The van der Waals surface area contributed by atoms with Gasteiger partial charge in [0.2, 0.25) is 6.54 Å². The van der Waals surface area contributed by atoms with Crippen molar-refractivity contribution in [2.24, 2.45) is 0 Å². The van der Waals surface area contributed by atoms with Crippen molar-refractivity contribution in [2.75, 3.05) is 19.5 Å². The van der Waals surface area contributed by atoms with Gasteiger partial charge in [-0.15, -0.1) is 0 Å². The van der Waals surface area contributed by atoms with E-state index in [0.29, 0.717) is 0 Å². The van der Waals surface area contributed by atoms with E-state index < -0.39 is 11.9 Å². The SMILES string of the molecule is CCc1cc[n+](CC(=O)Nc2cc(C(=O)OC)ccc2C(=O)OC)cc1. The maximum atomic E-state index is 12.3. The quantitative estimate of drug-likeness (QED) is 0.629. The number of hydrogen-bond acceptors (Lipinski definition) is 5. The van der Waals surface area contributed by atoms with E-state index in [1.807, 2.05) is 24.5 Å². The molecule has 1 heterocycles. The van der Waals surface area contributed by atoms with Gasteiger partial charge in [-0.25, -0.2) is 9.59 Å². The number of esters is 2. The summed E-state index contributed by atoms with van der Waals surface area (Å²) < 4.78 is 11.1. The lowest BCUT2D eigenvalue weighted by atomic mass is 10.1. The summed E-state index contributed by atoms with van der Waals surface area (Å²) in [6, 6.07) is 8.11. The number of nitrogens with zero attached hydrogens (tertiary/aromatic N) is 1. The first-order chi connectivity index (χ1) is 12.5. The minimum absolute atomic E-state index is 0.0626. The van der Waals surface area contributed by atoms with Crippen LogP contribution in [-0.4, -0.2) is 32.1 Å². The summed E-state index contributed by atoms with van der Waals surface area (Å²) in [4.78, 5) is 35.9. The molecule has 0 saturated carbocycles. The minimum Gasteiger partial charge on any atom is -0.465 e. The summed E-state index contributed by atoms with van der Waals surface area (Å²) in [6.45, 7) is 2.11. The summed E-state index contributed by atoms with van der Waals surface area (Å²) in [5.74, 6) is -1.52. The molecule has 7 heteroatoms. The van der Waals surface area contributed by atoms with Gasteiger partial charge in [0.1, 0.15) is 0 Å². The monoisotopic (exact) mass is 357 g/mol. The highest BCUT2D eigenvalue weighted by atomic mass is 16.5. The molecule has 0 radical (unpaired) electrons. The molecule has 0 bridgehead atoms. The van der Waals surface area contributed by atoms with Crippen molar-refractivity contribution in [1.82, 2.24) is 0 Å². The van der Waals surface area contributed by atoms with Gasteiger partial charge in [0.25, 0.3) is 5.91 Å². The van der Waals surface area contributed by atoms with Crippen LogP contribution in [0.25, 0.3) is 0 Å². The van der Waals surface area contributed by atoms with Crippen LogP contribution in [0.5, 0.6) is 0 Å². The fourth-order valence-corrected chi connectivity index (χ4v) is 2.37. The van der Waals surface area contributed by atoms with Crippen molar-refractivity contribution < 1.29 is 28.4 Å². The van der Waals surface area contributed by atoms with E-state index in [0.717, 1.165) is 6.42 Å². The number of amides is 1. The fraction of sp³-hybridized carbons (Fsp3) is 0.263. The van der Waals surface area contributed by atoms with Crippen LogP contribution in [0.4, 0.5) is 5.69 Å². The number of pyridine rings is 1.